The number of carbonyl (C=O) groups is 2. The monoisotopic (exact) mass is 464 g/mol. The molecule has 0 saturated carbocycles. The molecule has 4 rings (SSSR count). The number of Topliss-reactive ketones (excluding diaryl/α,β-unsaturated/α-hetero) is 1. The minimum absolute atomic E-state index is 0.0143. The van der Waals surface area contributed by atoms with Crippen LogP contribution in [0.1, 0.15) is 50.2 Å². The number of ketones is 1. The molecular weight excluding hydrogens is 436 g/mol. The number of nitro benzene ring substituents is 1. The van der Waals surface area contributed by atoms with Gasteiger partial charge in [0.25, 0.3) is 5.69 Å². The van der Waals surface area contributed by atoms with Crippen LogP contribution in [0.4, 0.5) is 11.4 Å². The number of aryl methyl sites for hydroxylation is 1. The molecule has 8 heteroatoms. The first-order chi connectivity index (χ1) is 16.1. The lowest BCUT2D eigenvalue weighted by Crippen LogP contribution is -2.44. The second kappa shape index (κ2) is 8.59. The predicted molar refractivity (Wildman–Crippen MR) is 127 cm³/mol. The molecule has 2 aliphatic rings. The van der Waals surface area contributed by atoms with E-state index in [0.29, 0.717) is 46.7 Å². The molecule has 0 fully saturated rings. The van der Waals surface area contributed by atoms with E-state index >= 15 is 0 Å². The number of hydrogen-bond acceptors (Lipinski definition) is 6. The Hall–Kier alpha value is -3.68. The molecule has 0 radical (unpaired) electrons. The number of carbonyl (C=O) groups excluding carboxylic acids is 2. The number of ether oxygens (including phenoxy) is 2. The zero-order valence-electron chi connectivity index (χ0n) is 20.0. The molecular formula is C26H28N2O6. The molecule has 0 spiro atoms. The molecule has 8 nitrogen and oxygen atoms in total. The van der Waals surface area contributed by atoms with E-state index in [1.54, 1.807) is 51.5 Å². The minimum atomic E-state index is -0.531. The average Bonchev–Trinajstić information content (AvgIpc) is 2.77. The fourth-order valence-electron chi connectivity index (χ4n) is 5.04. The van der Waals surface area contributed by atoms with Gasteiger partial charge in [-0.1, -0.05) is 19.9 Å². The zero-order valence-corrected chi connectivity index (χ0v) is 20.0. The highest BCUT2D eigenvalue weighted by Crippen LogP contribution is 2.51. The molecule has 0 bridgehead atoms. The van der Waals surface area contributed by atoms with Crippen molar-refractivity contribution < 1.29 is 24.0 Å². The van der Waals surface area contributed by atoms with Crippen molar-refractivity contribution in [2.75, 3.05) is 19.1 Å². The third-order valence-corrected chi connectivity index (χ3v) is 6.52. The van der Waals surface area contributed by atoms with E-state index in [-0.39, 0.29) is 29.5 Å². The van der Waals surface area contributed by atoms with Crippen molar-refractivity contribution in [2.45, 2.75) is 46.0 Å². The summed E-state index contributed by atoms with van der Waals surface area (Å²) in [7, 11) is 3.09. The molecule has 0 aromatic heterocycles. The van der Waals surface area contributed by atoms with Gasteiger partial charge in [0.1, 0.15) is 17.2 Å². The lowest BCUT2D eigenvalue weighted by molar-refractivity contribution is -0.384. The van der Waals surface area contributed by atoms with Crippen LogP contribution in [0.15, 0.2) is 47.7 Å². The number of hydrogen-bond donors (Lipinski definition) is 0. The van der Waals surface area contributed by atoms with Gasteiger partial charge >= 0.3 is 0 Å². The number of allylic oxidation sites excluding steroid dienone is 2. The van der Waals surface area contributed by atoms with Crippen LogP contribution in [0.25, 0.3) is 0 Å². The first-order valence-corrected chi connectivity index (χ1v) is 11.1. The van der Waals surface area contributed by atoms with Gasteiger partial charge < -0.3 is 9.47 Å². The van der Waals surface area contributed by atoms with Gasteiger partial charge in [-0.2, -0.15) is 0 Å². The van der Waals surface area contributed by atoms with Crippen molar-refractivity contribution in [3.8, 4) is 11.5 Å². The zero-order chi connectivity index (χ0) is 24.8. The molecule has 1 aliphatic carbocycles. The number of nitrogens with zero attached hydrogens (tertiary/aromatic N) is 2. The SMILES string of the molecule is COc1ccc(OC)c(C2CC(=O)N(c3ccc(C)cc3[N+](=O)[O-])C3=C2C(=O)CC(C)(C)C3)c1. The molecule has 2 aromatic carbocycles. The lowest BCUT2D eigenvalue weighted by Gasteiger charge is -2.42. The molecule has 1 unspecified atom stereocenters. The van der Waals surface area contributed by atoms with Gasteiger partial charge in [-0.3, -0.25) is 24.6 Å². The maximum Gasteiger partial charge on any atom is 0.293 e. The van der Waals surface area contributed by atoms with Crippen molar-refractivity contribution >= 4 is 23.1 Å². The van der Waals surface area contributed by atoms with Crippen molar-refractivity contribution in [1.29, 1.82) is 0 Å². The summed E-state index contributed by atoms with van der Waals surface area (Å²) in [6.07, 6.45) is 0.750. The molecule has 178 valence electrons. The van der Waals surface area contributed by atoms with Crippen LogP contribution in [0.5, 0.6) is 11.5 Å². The molecule has 1 amide bonds. The highest BCUT2D eigenvalue weighted by molar-refractivity contribution is 6.08. The fraction of sp³-hybridized carbons (Fsp3) is 0.385. The maximum atomic E-state index is 13.7. The number of anilines is 1. The molecule has 0 N–H and O–H groups in total. The van der Waals surface area contributed by atoms with Gasteiger partial charge in [-0.15, -0.1) is 0 Å². The van der Waals surface area contributed by atoms with Crippen LogP contribution < -0.4 is 14.4 Å². The second-order valence-electron chi connectivity index (χ2n) is 9.64. The van der Waals surface area contributed by atoms with Gasteiger partial charge in [-0.25, -0.2) is 0 Å². The molecule has 2 aromatic rings. The quantitative estimate of drug-likeness (QED) is 0.452. The normalized spacial score (nSPS) is 19.7. The predicted octanol–water partition coefficient (Wildman–Crippen LogP) is 5.08. The number of benzene rings is 2. The summed E-state index contributed by atoms with van der Waals surface area (Å²) in [5, 5.41) is 11.9. The number of amides is 1. The second-order valence-corrected chi connectivity index (χ2v) is 9.64. The summed E-state index contributed by atoms with van der Waals surface area (Å²) in [6, 6.07) is 10.1. The van der Waals surface area contributed by atoms with Crippen molar-refractivity contribution in [1.82, 2.24) is 0 Å². The average molecular weight is 465 g/mol. The Labute approximate surface area is 198 Å². The molecule has 1 atom stereocenters. The standard InChI is InChI=1S/C26H28N2O6/c1-15-6-8-19(20(10-15)28(31)32)27-21-13-26(2,3)14-22(29)25(21)18(12-24(27)30)17-11-16(33-4)7-9-23(17)34-5/h6-11,18H,12-14H2,1-5H3. The van der Waals surface area contributed by atoms with E-state index in [1.807, 2.05) is 13.8 Å². The topological polar surface area (TPSA) is 99.0 Å². The smallest absolute Gasteiger partial charge is 0.293 e. The first-order valence-electron chi connectivity index (χ1n) is 11.1. The van der Waals surface area contributed by atoms with Crippen LogP contribution >= 0.6 is 0 Å². The summed E-state index contributed by atoms with van der Waals surface area (Å²) < 4.78 is 10.9. The number of methoxy groups -OCH3 is 2. The minimum Gasteiger partial charge on any atom is -0.497 e. The van der Waals surface area contributed by atoms with Gasteiger partial charge in [0.2, 0.25) is 5.91 Å². The summed E-state index contributed by atoms with van der Waals surface area (Å²) in [6.45, 7) is 5.70. The van der Waals surface area contributed by atoms with Crippen LogP contribution in [-0.4, -0.2) is 30.8 Å². The Morgan fingerprint density at radius 2 is 1.79 bits per heavy atom. The van der Waals surface area contributed by atoms with Crippen molar-refractivity contribution in [3.63, 3.8) is 0 Å². The van der Waals surface area contributed by atoms with Gasteiger partial charge in [0, 0.05) is 41.7 Å². The van der Waals surface area contributed by atoms with Crippen LogP contribution in [0, 0.1) is 22.5 Å². The van der Waals surface area contributed by atoms with E-state index < -0.39 is 16.3 Å². The Kier molecular flexibility index (Phi) is 5.93. The number of rotatable bonds is 5. The van der Waals surface area contributed by atoms with Crippen molar-refractivity contribution in [3.05, 3.63) is 68.9 Å². The van der Waals surface area contributed by atoms with Gasteiger partial charge in [0.05, 0.1) is 19.1 Å². The van der Waals surface area contributed by atoms with Crippen LogP contribution in [-0.2, 0) is 9.59 Å². The number of nitro groups is 1. The van der Waals surface area contributed by atoms with E-state index in [0.717, 1.165) is 0 Å². The Balaban J connectivity index is 1.98. The Morgan fingerprint density at radius 3 is 2.44 bits per heavy atom. The summed E-state index contributed by atoms with van der Waals surface area (Å²) >= 11 is 0. The van der Waals surface area contributed by atoms with Crippen LogP contribution in [0.3, 0.4) is 0 Å². The highest BCUT2D eigenvalue weighted by Gasteiger charge is 2.46. The summed E-state index contributed by atoms with van der Waals surface area (Å²) in [5.41, 5.74) is 2.08. The highest BCUT2D eigenvalue weighted by atomic mass is 16.6. The molecule has 1 heterocycles. The molecule has 34 heavy (non-hydrogen) atoms. The fourth-order valence-corrected chi connectivity index (χ4v) is 5.04. The van der Waals surface area contributed by atoms with E-state index in [9.17, 15) is 19.7 Å². The van der Waals surface area contributed by atoms with E-state index in [1.165, 1.54) is 11.0 Å². The van der Waals surface area contributed by atoms with E-state index in [4.69, 9.17) is 9.47 Å². The van der Waals surface area contributed by atoms with Gasteiger partial charge in [-0.05, 0) is 48.6 Å². The largest absolute Gasteiger partial charge is 0.497 e. The maximum absolute atomic E-state index is 13.7. The Bertz CT molecular complexity index is 1230. The van der Waals surface area contributed by atoms with Crippen LogP contribution in [0.2, 0.25) is 0 Å². The van der Waals surface area contributed by atoms with Gasteiger partial charge in [0.15, 0.2) is 5.78 Å². The molecule has 1 aliphatic heterocycles. The third kappa shape index (κ3) is 4.04. The third-order valence-electron chi connectivity index (χ3n) is 6.52. The summed E-state index contributed by atoms with van der Waals surface area (Å²) in [5.74, 6) is 0.250. The Morgan fingerprint density at radius 1 is 1.06 bits per heavy atom. The van der Waals surface area contributed by atoms with Crippen molar-refractivity contribution in [2.24, 2.45) is 5.41 Å². The van der Waals surface area contributed by atoms with E-state index in [2.05, 4.69) is 0 Å². The summed E-state index contributed by atoms with van der Waals surface area (Å²) in [4.78, 5) is 40.0. The first kappa shape index (κ1) is 23.5. The molecule has 0 saturated heterocycles. The lowest BCUT2D eigenvalue weighted by atomic mass is 9.69.